The van der Waals surface area contributed by atoms with Gasteiger partial charge in [0.15, 0.2) is 0 Å². The molecule has 0 aromatic heterocycles. The quantitative estimate of drug-likeness (QED) is 0.599. The topological polar surface area (TPSA) is 29.4 Å². The van der Waals surface area contributed by atoms with Gasteiger partial charge in [0.05, 0.1) is 5.71 Å². The zero-order valence-corrected chi connectivity index (χ0v) is 14.5. The molecule has 0 aliphatic carbocycles. The summed E-state index contributed by atoms with van der Waals surface area (Å²) in [5.74, 6) is 6.17. The number of carbonyl (C=O) groups excluding carboxylic acids is 1. The molecule has 26 heavy (non-hydrogen) atoms. The van der Waals surface area contributed by atoms with Crippen molar-refractivity contribution in [3.05, 3.63) is 106 Å². The monoisotopic (exact) mass is 335 g/mol. The fourth-order valence-corrected chi connectivity index (χ4v) is 3.11. The van der Waals surface area contributed by atoms with Gasteiger partial charge in [-0.1, -0.05) is 54.3 Å². The first kappa shape index (κ1) is 16.1. The molecule has 124 valence electrons. The number of fused-ring (bicyclic) bond motifs is 1. The number of amides is 1. The molecule has 3 aromatic carbocycles. The normalized spacial score (nSPS) is 12.7. The Balaban J connectivity index is 1.59. The predicted octanol–water partition coefficient (Wildman–Crippen LogP) is 4.58. The van der Waals surface area contributed by atoms with Crippen molar-refractivity contribution in [3.63, 3.8) is 0 Å². The van der Waals surface area contributed by atoms with Crippen molar-refractivity contribution < 1.29 is 4.79 Å². The van der Waals surface area contributed by atoms with Gasteiger partial charge in [-0.25, -0.2) is 4.99 Å². The molecule has 2 nitrogen and oxygen atoms in total. The van der Waals surface area contributed by atoms with Crippen LogP contribution >= 0.6 is 0 Å². The lowest BCUT2D eigenvalue weighted by atomic mass is 9.91. The van der Waals surface area contributed by atoms with Gasteiger partial charge in [0.1, 0.15) is 0 Å². The lowest BCUT2D eigenvalue weighted by Crippen LogP contribution is -2.18. The second-order valence-electron chi connectivity index (χ2n) is 6.33. The highest BCUT2D eigenvalue weighted by atomic mass is 16.1. The molecule has 0 fully saturated rings. The number of benzene rings is 3. The van der Waals surface area contributed by atoms with Gasteiger partial charge in [0.25, 0.3) is 5.91 Å². The number of nitrogens with zero attached hydrogens (tertiary/aromatic N) is 1. The van der Waals surface area contributed by atoms with Crippen molar-refractivity contribution in [1.82, 2.24) is 0 Å². The lowest BCUT2D eigenvalue weighted by Gasteiger charge is -2.17. The second-order valence-corrected chi connectivity index (χ2v) is 6.33. The summed E-state index contributed by atoms with van der Waals surface area (Å²) in [5, 5.41) is 0. The summed E-state index contributed by atoms with van der Waals surface area (Å²) < 4.78 is 0. The first-order valence-electron chi connectivity index (χ1n) is 8.58. The Bertz CT molecular complexity index is 1060. The van der Waals surface area contributed by atoms with E-state index in [4.69, 9.17) is 0 Å². The van der Waals surface area contributed by atoms with Gasteiger partial charge < -0.3 is 0 Å². The van der Waals surface area contributed by atoms with Crippen molar-refractivity contribution >= 4 is 11.6 Å². The molecule has 0 saturated heterocycles. The minimum atomic E-state index is -0.155. The smallest absolute Gasteiger partial charge is 0.267 e. The third-order valence-corrected chi connectivity index (χ3v) is 4.56. The zero-order chi connectivity index (χ0) is 17.9. The molecule has 0 bridgehead atoms. The maximum absolute atomic E-state index is 12.3. The van der Waals surface area contributed by atoms with E-state index in [2.05, 4.69) is 16.8 Å². The number of aliphatic imine (C=N–C) groups is 1. The zero-order valence-electron chi connectivity index (χ0n) is 14.5. The summed E-state index contributed by atoms with van der Waals surface area (Å²) in [6, 6.07) is 23.7. The molecule has 0 N–H and O–H groups in total. The number of rotatable bonds is 1. The second kappa shape index (κ2) is 6.82. The number of aryl methyl sites for hydroxylation is 1. The minimum Gasteiger partial charge on any atom is -0.267 e. The Labute approximate surface area is 153 Å². The maximum Gasteiger partial charge on any atom is 0.277 e. The van der Waals surface area contributed by atoms with Crippen LogP contribution in [-0.4, -0.2) is 11.6 Å². The highest BCUT2D eigenvalue weighted by molar-refractivity contribution is 6.15. The highest BCUT2D eigenvalue weighted by Crippen LogP contribution is 2.23. The van der Waals surface area contributed by atoms with E-state index >= 15 is 0 Å². The molecule has 0 unspecified atom stereocenters. The summed E-state index contributed by atoms with van der Waals surface area (Å²) in [7, 11) is 0. The van der Waals surface area contributed by atoms with E-state index in [0.29, 0.717) is 6.42 Å². The van der Waals surface area contributed by atoms with E-state index in [1.165, 1.54) is 0 Å². The Morgan fingerprint density at radius 1 is 0.808 bits per heavy atom. The first-order chi connectivity index (χ1) is 12.7. The van der Waals surface area contributed by atoms with E-state index in [0.717, 1.165) is 39.1 Å². The van der Waals surface area contributed by atoms with Crippen molar-refractivity contribution in [2.24, 2.45) is 4.99 Å². The van der Waals surface area contributed by atoms with Gasteiger partial charge in [-0.05, 0) is 53.9 Å². The highest BCUT2D eigenvalue weighted by Gasteiger charge is 2.21. The van der Waals surface area contributed by atoms with Crippen LogP contribution in [0.1, 0.15) is 38.2 Å². The first-order valence-corrected chi connectivity index (χ1v) is 8.58. The van der Waals surface area contributed by atoms with Gasteiger partial charge >= 0.3 is 0 Å². The molecule has 3 aromatic rings. The van der Waals surface area contributed by atoms with Gasteiger partial charge in [0.2, 0.25) is 0 Å². The fraction of sp³-hybridized carbons (Fsp3) is 0.0833. The maximum atomic E-state index is 12.3. The third-order valence-electron chi connectivity index (χ3n) is 4.56. The predicted molar refractivity (Wildman–Crippen MR) is 105 cm³/mol. The van der Waals surface area contributed by atoms with E-state index in [1.807, 2.05) is 79.7 Å². The van der Waals surface area contributed by atoms with Crippen LogP contribution in [0.15, 0.2) is 77.8 Å². The summed E-state index contributed by atoms with van der Waals surface area (Å²) >= 11 is 0. The third kappa shape index (κ3) is 3.20. The molecular formula is C24H17NO. The summed E-state index contributed by atoms with van der Waals surface area (Å²) in [6.07, 6.45) is 0.683. The molecule has 1 amide bonds. The van der Waals surface area contributed by atoms with Crippen LogP contribution in [-0.2, 0) is 6.42 Å². The van der Waals surface area contributed by atoms with Crippen LogP contribution < -0.4 is 0 Å². The largest absolute Gasteiger partial charge is 0.277 e. The Hall–Kier alpha value is -3.44. The molecule has 2 heteroatoms. The molecule has 1 aliphatic rings. The Morgan fingerprint density at radius 3 is 2.23 bits per heavy atom. The van der Waals surface area contributed by atoms with Crippen molar-refractivity contribution in [2.45, 2.75) is 13.3 Å². The van der Waals surface area contributed by atoms with Crippen molar-refractivity contribution in [3.8, 4) is 11.8 Å². The molecule has 0 atom stereocenters. The summed E-state index contributed by atoms with van der Waals surface area (Å²) in [6.45, 7) is 2.04. The van der Waals surface area contributed by atoms with Crippen LogP contribution in [0.4, 0.5) is 0 Å². The van der Waals surface area contributed by atoms with Gasteiger partial charge in [0, 0.05) is 23.1 Å². The van der Waals surface area contributed by atoms with Crippen molar-refractivity contribution in [2.75, 3.05) is 0 Å². The van der Waals surface area contributed by atoms with Crippen LogP contribution in [0.3, 0.4) is 0 Å². The van der Waals surface area contributed by atoms with Gasteiger partial charge in [-0.2, -0.15) is 0 Å². The van der Waals surface area contributed by atoms with Crippen LogP contribution in [0.2, 0.25) is 0 Å². The van der Waals surface area contributed by atoms with Gasteiger partial charge in [-0.3, -0.25) is 4.79 Å². The Kier molecular flexibility index (Phi) is 4.21. The van der Waals surface area contributed by atoms with E-state index < -0.39 is 0 Å². The summed E-state index contributed by atoms with van der Waals surface area (Å²) in [4.78, 5) is 16.6. The molecule has 4 rings (SSSR count). The molecule has 1 heterocycles. The van der Waals surface area contributed by atoms with Crippen LogP contribution in [0.25, 0.3) is 0 Å². The average molecular weight is 335 g/mol. The minimum absolute atomic E-state index is 0.155. The SMILES string of the molecule is Cc1cccc2c1CC(c1ccc(C#Cc3ccccc3)cc1)=NC2=O. The molecule has 0 radical (unpaired) electrons. The van der Waals surface area contributed by atoms with E-state index in [1.54, 1.807) is 0 Å². The molecular weight excluding hydrogens is 318 g/mol. The van der Waals surface area contributed by atoms with Crippen LogP contribution in [0.5, 0.6) is 0 Å². The molecule has 1 aliphatic heterocycles. The van der Waals surface area contributed by atoms with E-state index in [9.17, 15) is 4.79 Å². The van der Waals surface area contributed by atoms with E-state index in [-0.39, 0.29) is 5.91 Å². The lowest BCUT2D eigenvalue weighted by molar-refractivity contribution is 0.1000. The number of hydrogen-bond donors (Lipinski definition) is 0. The van der Waals surface area contributed by atoms with Crippen molar-refractivity contribution in [1.29, 1.82) is 0 Å². The summed E-state index contributed by atoms with van der Waals surface area (Å²) in [5.41, 5.74) is 6.66. The standard InChI is InChI=1S/C24H17NO/c1-17-6-5-9-21-22(17)16-23(25-24(21)26)20-14-12-19(13-15-20)11-10-18-7-3-2-4-8-18/h2-9,12-15H,16H2,1H3. The number of hydrogen-bond acceptors (Lipinski definition) is 1. The van der Waals surface area contributed by atoms with Gasteiger partial charge in [-0.15, -0.1) is 0 Å². The average Bonchev–Trinajstić information content (AvgIpc) is 2.68. The molecule has 0 spiro atoms. The fourth-order valence-electron chi connectivity index (χ4n) is 3.11. The Morgan fingerprint density at radius 2 is 1.50 bits per heavy atom. The molecule has 0 saturated carbocycles. The van der Waals surface area contributed by atoms with Crippen LogP contribution in [0, 0.1) is 18.8 Å². The number of carbonyl (C=O) groups is 1.